The van der Waals surface area contributed by atoms with Crippen molar-refractivity contribution < 1.29 is 14.6 Å². The highest BCUT2D eigenvalue weighted by atomic mass is 16.5. The highest BCUT2D eigenvalue weighted by molar-refractivity contribution is 4.81. The molecule has 0 radical (unpaired) electrons. The van der Waals surface area contributed by atoms with Gasteiger partial charge in [0.2, 0.25) is 0 Å². The van der Waals surface area contributed by atoms with E-state index in [0.29, 0.717) is 25.3 Å². The van der Waals surface area contributed by atoms with E-state index in [1.54, 1.807) is 7.11 Å². The van der Waals surface area contributed by atoms with Crippen LogP contribution in [0.5, 0.6) is 0 Å². The molecule has 0 aromatic heterocycles. The molecular weight excluding hydrogens is 218 g/mol. The molecule has 1 aliphatic carbocycles. The zero-order valence-electron chi connectivity index (χ0n) is 11.2. The number of unbranched alkanes of at least 4 members (excludes halogenated alkanes) is 1. The lowest BCUT2D eigenvalue weighted by Gasteiger charge is -2.16. The summed E-state index contributed by atoms with van der Waals surface area (Å²) in [6.07, 6.45) is 5.52. The Labute approximate surface area is 105 Å². The van der Waals surface area contributed by atoms with Crippen molar-refractivity contribution in [3.8, 4) is 0 Å². The van der Waals surface area contributed by atoms with E-state index in [-0.39, 0.29) is 0 Å². The minimum atomic E-state index is -0.395. The molecule has 0 heterocycles. The molecule has 1 rings (SSSR count). The molecule has 3 atom stereocenters. The van der Waals surface area contributed by atoms with E-state index < -0.39 is 6.10 Å². The second-order valence-electron chi connectivity index (χ2n) is 4.86. The number of hydrogen-bond acceptors (Lipinski definition) is 4. The van der Waals surface area contributed by atoms with Crippen LogP contribution in [0.15, 0.2) is 0 Å². The Morgan fingerprint density at radius 3 is 2.88 bits per heavy atom. The zero-order chi connectivity index (χ0) is 12.5. The lowest BCUT2D eigenvalue weighted by molar-refractivity contribution is 0.0342. The van der Waals surface area contributed by atoms with Crippen molar-refractivity contribution in [2.45, 2.75) is 57.3 Å². The molecule has 1 aliphatic rings. The topological polar surface area (TPSA) is 50.7 Å². The van der Waals surface area contributed by atoms with Crippen LogP contribution >= 0.6 is 0 Å². The van der Waals surface area contributed by atoms with Gasteiger partial charge in [-0.2, -0.15) is 0 Å². The summed E-state index contributed by atoms with van der Waals surface area (Å²) in [5.41, 5.74) is 0. The predicted octanol–water partition coefficient (Wildman–Crippen LogP) is 1.32. The second-order valence-corrected chi connectivity index (χ2v) is 4.86. The number of hydrogen-bond donors (Lipinski definition) is 2. The third kappa shape index (κ3) is 6.36. The van der Waals surface area contributed by atoms with Crippen molar-refractivity contribution in [3.63, 3.8) is 0 Å². The van der Waals surface area contributed by atoms with Gasteiger partial charge in [-0.1, -0.05) is 13.3 Å². The summed E-state index contributed by atoms with van der Waals surface area (Å²) < 4.78 is 10.7. The Kier molecular flexibility index (Phi) is 7.77. The maximum atomic E-state index is 9.71. The van der Waals surface area contributed by atoms with Gasteiger partial charge in [0, 0.05) is 26.3 Å². The van der Waals surface area contributed by atoms with E-state index >= 15 is 0 Å². The first-order valence-electron chi connectivity index (χ1n) is 6.78. The first kappa shape index (κ1) is 14.9. The van der Waals surface area contributed by atoms with Gasteiger partial charge < -0.3 is 19.9 Å². The van der Waals surface area contributed by atoms with Crippen molar-refractivity contribution >= 4 is 0 Å². The molecule has 0 amide bonds. The van der Waals surface area contributed by atoms with Crippen molar-refractivity contribution in [2.75, 3.05) is 26.9 Å². The van der Waals surface area contributed by atoms with Crippen molar-refractivity contribution in [1.29, 1.82) is 0 Å². The Hall–Kier alpha value is -0.160. The number of ether oxygens (including phenoxy) is 2. The minimum absolute atomic E-state index is 0.394. The third-order valence-corrected chi connectivity index (χ3v) is 3.31. The van der Waals surface area contributed by atoms with Gasteiger partial charge in [0.15, 0.2) is 0 Å². The lowest BCUT2D eigenvalue weighted by Crippen LogP contribution is -2.36. The van der Waals surface area contributed by atoms with Crippen LogP contribution in [0.25, 0.3) is 0 Å². The normalized spacial score (nSPS) is 26.3. The van der Waals surface area contributed by atoms with Crippen LogP contribution in [0.1, 0.15) is 39.0 Å². The van der Waals surface area contributed by atoms with E-state index in [1.165, 1.54) is 0 Å². The largest absolute Gasteiger partial charge is 0.389 e. The summed E-state index contributed by atoms with van der Waals surface area (Å²) in [6.45, 7) is 3.94. The molecular formula is C13H27NO3. The first-order valence-corrected chi connectivity index (χ1v) is 6.78. The van der Waals surface area contributed by atoms with Crippen LogP contribution in [0, 0.1) is 0 Å². The molecule has 4 heteroatoms. The summed E-state index contributed by atoms with van der Waals surface area (Å²) in [5, 5.41) is 13.1. The summed E-state index contributed by atoms with van der Waals surface area (Å²) in [4.78, 5) is 0. The highest BCUT2D eigenvalue weighted by Gasteiger charge is 2.24. The van der Waals surface area contributed by atoms with Gasteiger partial charge in [0.1, 0.15) is 0 Å². The van der Waals surface area contributed by atoms with Crippen LogP contribution in [0.4, 0.5) is 0 Å². The molecule has 17 heavy (non-hydrogen) atoms. The zero-order valence-corrected chi connectivity index (χ0v) is 11.2. The van der Waals surface area contributed by atoms with Crippen LogP contribution < -0.4 is 5.32 Å². The van der Waals surface area contributed by atoms with Gasteiger partial charge in [0.05, 0.1) is 18.8 Å². The molecule has 0 saturated heterocycles. The number of aliphatic hydroxyl groups is 1. The summed E-state index contributed by atoms with van der Waals surface area (Å²) in [7, 11) is 1.77. The molecule has 1 fully saturated rings. The molecule has 0 aliphatic heterocycles. The van der Waals surface area contributed by atoms with E-state index in [1.807, 2.05) is 0 Å². The number of nitrogens with one attached hydrogen (secondary N) is 1. The standard InChI is InChI=1S/C13H27NO3/c1-3-4-7-17-10-12(15)9-14-11-5-6-13(8-11)16-2/h11-15H,3-10H2,1-2H3. The van der Waals surface area contributed by atoms with Gasteiger partial charge in [-0.15, -0.1) is 0 Å². The first-order chi connectivity index (χ1) is 8.26. The smallest absolute Gasteiger partial charge is 0.0897 e. The molecule has 0 aromatic carbocycles. The average molecular weight is 245 g/mol. The van der Waals surface area contributed by atoms with Gasteiger partial charge in [-0.05, 0) is 25.7 Å². The molecule has 0 aromatic rings. The fourth-order valence-electron chi connectivity index (χ4n) is 2.17. The molecule has 0 bridgehead atoms. The maximum absolute atomic E-state index is 9.71. The molecule has 1 saturated carbocycles. The monoisotopic (exact) mass is 245 g/mol. The highest BCUT2D eigenvalue weighted by Crippen LogP contribution is 2.21. The molecule has 3 unspecified atom stereocenters. The SMILES string of the molecule is CCCCOCC(O)CNC1CCC(OC)C1. The molecule has 102 valence electrons. The quantitative estimate of drug-likeness (QED) is 0.602. The Morgan fingerprint density at radius 1 is 1.41 bits per heavy atom. The van der Waals surface area contributed by atoms with Crippen LogP contribution in [0.3, 0.4) is 0 Å². The van der Waals surface area contributed by atoms with Crippen molar-refractivity contribution in [2.24, 2.45) is 0 Å². The minimum Gasteiger partial charge on any atom is -0.389 e. The van der Waals surface area contributed by atoms with Crippen LogP contribution in [-0.2, 0) is 9.47 Å². The number of aliphatic hydroxyl groups excluding tert-OH is 1. The van der Waals surface area contributed by atoms with Crippen LogP contribution in [-0.4, -0.2) is 50.2 Å². The lowest BCUT2D eigenvalue weighted by atomic mass is 10.2. The van der Waals surface area contributed by atoms with Gasteiger partial charge in [-0.25, -0.2) is 0 Å². The predicted molar refractivity (Wildman–Crippen MR) is 68.2 cm³/mol. The van der Waals surface area contributed by atoms with Gasteiger partial charge in [-0.3, -0.25) is 0 Å². The molecule has 4 nitrogen and oxygen atoms in total. The second kappa shape index (κ2) is 8.86. The Bertz CT molecular complexity index is 190. The van der Waals surface area contributed by atoms with E-state index in [9.17, 15) is 5.11 Å². The molecule has 0 spiro atoms. The average Bonchev–Trinajstić information content (AvgIpc) is 2.80. The van der Waals surface area contributed by atoms with Crippen LogP contribution in [0.2, 0.25) is 0 Å². The summed E-state index contributed by atoms with van der Waals surface area (Å²) in [6, 6.07) is 0.491. The summed E-state index contributed by atoms with van der Waals surface area (Å²) in [5.74, 6) is 0. The Balaban J connectivity index is 1.98. The number of methoxy groups -OCH3 is 1. The summed E-state index contributed by atoms with van der Waals surface area (Å²) >= 11 is 0. The van der Waals surface area contributed by atoms with Crippen molar-refractivity contribution in [3.05, 3.63) is 0 Å². The van der Waals surface area contributed by atoms with E-state index in [4.69, 9.17) is 9.47 Å². The van der Waals surface area contributed by atoms with Gasteiger partial charge >= 0.3 is 0 Å². The molecule has 2 N–H and O–H groups in total. The van der Waals surface area contributed by atoms with Crippen molar-refractivity contribution in [1.82, 2.24) is 5.32 Å². The Morgan fingerprint density at radius 2 is 2.24 bits per heavy atom. The maximum Gasteiger partial charge on any atom is 0.0897 e. The fraction of sp³-hybridized carbons (Fsp3) is 1.00. The van der Waals surface area contributed by atoms with E-state index in [0.717, 1.165) is 38.7 Å². The van der Waals surface area contributed by atoms with Gasteiger partial charge in [0.25, 0.3) is 0 Å². The van der Waals surface area contributed by atoms with E-state index in [2.05, 4.69) is 12.2 Å². The third-order valence-electron chi connectivity index (χ3n) is 3.31. The fourth-order valence-corrected chi connectivity index (χ4v) is 2.17. The number of rotatable bonds is 9.